The zero-order valence-electron chi connectivity index (χ0n) is 10.7. The molecule has 1 aliphatic rings. The second-order valence-corrected chi connectivity index (χ2v) is 4.83. The van der Waals surface area contributed by atoms with Gasteiger partial charge in [-0.2, -0.15) is 4.98 Å². The molecule has 0 fully saturated rings. The molecule has 0 spiro atoms. The number of hydrogen-bond acceptors (Lipinski definition) is 5. The molecule has 0 saturated carbocycles. The fraction of sp³-hybridized carbons (Fsp3) is 0.429. The van der Waals surface area contributed by atoms with Crippen LogP contribution in [0.2, 0.25) is 0 Å². The van der Waals surface area contributed by atoms with E-state index < -0.39 is 6.10 Å². The van der Waals surface area contributed by atoms with E-state index >= 15 is 0 Å². The molecule has 1 aromatic carbocycles. The number of fused-ring (bicyclic) bond motifs is 1. The number of rotatable bonds is 3. The molecule has 0 aliphatic carbocycles. The van der Waals surface area contributed by atoms with Crippen molar-refractivity contribution < 1.29 is 14.4 Å². The van der Waals surface area contributed by atoms with Gasteiger partial charge in [0, 0.05) is 5.56 Å². The zero-order chi connectivity index (χ0) is 13.2. The highest BCUT2D eigenvalue weighted by Gasteiger charge is 2.26. The minimum atomic E-state index is -0.477. The maximum absolute atomic E-state index is 9.34. The van der Waals surface area contributed by atoms with Crippen LogP contribution in [0, 0.1) is 0 Å². The van der Waals surface area contributed by atoms with Gasteiger partial charge in [-0.15, -0.1) is 0 Å². The Morgan fingerprint density at radius 3 is 3.11 bits per heavy atom. The molecule has 5 heteroatoms. The molecule has 1 aromatic heterocycles. The Bertz CT molecular complexity index is 565. The molecule has 1 aliphatic heterocycles. The van der Waals surface area contributed by atoms with Crippen LogP contribution in [0.25, 0.3) is 0 Å². The van der Waals surface area contributed by atoms with E-state index in [1.165, 1.54) is 0 Å². The van der Waals surface area contributed by atoms with Gasteiger partial charge >= 0.3 is 0 Å². The van der Waals surface area contributed by atoms with Crippen LogP contribution in [-0.4, -0.2) is 28.0 Å². The largest absolute Gasteiger partial charge is 0.493 e. The molecule has 0 bridgehead atoms. The molecule has 1 N–H and O–H groups in total. The molecule has 0 saturated heterocycles. The zero-order valence-corrected chi connectivity index (χ0v) is 10.7. The van der Waals surface area contributed by atoms with Crippen LogP contribution in [-0.2, 0) is 6.42 Å². The summed E-state index contributed by atoms with van der Waals surface area (Å²) in [6.45, 7) is 2.36. The van der Waals surface area contributed by atoms with Gasteiger partial charge in [0.2, 0.25) is 5.89 Å². The first kappa shape index (κ1) is 12.2. The highest BCUT2D eigenvalue weighted by atomic mass is 16.5. The van der Waals surface area contributed by atoms with Crippen molar-refractivity contribution in [1.82, 2.24) is 10.1 Å². The van der Waals surface area contributed by atoms with Crippen molar-refractivity contribution in [3.05, 3.63) is 41.5 Å². The van der Waals surface area contributed by atoms with E-state index in [4.69, 9.17) is 9.26 Å². The quantitative estimate of drug-likeness (QED) is 0.913. The molecular weight excluding hydrogens is 244 g/mol. The fourth-order valence-electron chi connectivity index (χ4n) is 2.36. The van der Waals surface area contributed by atoms with Crippen molar-refractivity contribution >= 4 is 0 Å². The van der Waals surface area contributed by atoms with Crippen LogP contribution in [0.3, 0.4) is 0 Å². The predicted octanol–water partition coefficient (Wildman–Crippen LogP) is 1.91. The summed E-state index contributed by atoms with van der Waals surface area (Å²) in [5.41, 5.74) is 1.10. The lowest BCUT2D eigenvalue weighted by molar-refractivity contribution is 0.181. The van der Waals surface area contributed by atoms with Crippen LogP contribution in [0.1, 0.15) is 36.5 Å². The van der Waals surface area contributed by atoms with Crippen LogP contribution >= 0.6 is 0 Å². The average Bonchev–Trinajstić information content (AvgIpc) is 2.85. The van der Waals surface area contributed by atoms with Gasteiger partial charge in [0.1, 0.15) is 5.75 Å². The second kappa shape index (κ2) is 5.01. The first-order valence-corrected chi connectivity index (χ1v) is 6.46. The highest BCUT2D eigenvalue weighted by Crippen LogP contribution is 2.36. The number of nitrogens with zero attached hydrogens (tertiary/aromatic N) is 2. The number of para-hydroxylation sites is 1. The molecular formula is C14H16N2O3. The van der Waals surface area contributed by atoms with E-state index in [9.17, 15) is 5.11 Å². The number of aliphatic hydroxyl groups excluding tert-OH is 1. The third kappa shape index (κ3) is 2.46. The van der Waals surface area contributed by atoms with Gasteiger partial charge in [0.05, 0.1) is 25.0 Å². The maximum atomic E-state index is 9.34. The molecule has 2 aromatic rings. The second-order valence-electron chi connectivity index (χ2n) is 4.83. The number of aromatic nitrogens is 2. The minimum Gasteiger partial charge on any atom is -0.493 e. The van der Waals surface area contributed by atoms with Gasteiger partial charge in [-0.1, -0.05) is 23.4 Å². The van der Waals surface area contributed by atoms with Gasteiger partial charge in [-0.3, -0.25) is 0 Å². The van der Waals surface area contributed by atoms with E-state index in [0.717, 1.165) is 17.7 Å². The van der Waals surface area contributed by atoms with E-state index in [0.29, 0.717) is 24.7 Å². The average molecular weight is 260 g/mol. The number of benzene rings is 1. The molecule has 19 heavy (non-hydrogen) atoms. The summed E-state index contributed by atoms with van der Waals surface area (Å²) in [5.74, 6) is 2.15. The lowest BCUT2D eigenvalue weighted by Crippen LogP contribution is -2.16. The molecule has 3 rings (SSSR count). The van der Waals surface area contributed by atoms with E-state index in [1.54, 1.807) is 6.92 Å². The van der Waals surface area contributed by atoms with Crippen molar-refractivity contribution in [1.29, 1.82) is 0 Å². The van der Waals surface area contributed by atoms with Gasteiger partial charge in [-0.05, 0) is 19.4 Å². The van der Waals surface area contributed by atoms with Gasteiger partial charge in [0.25, 0.3) is 0 Å². The lowest BCUT2D eigenvalue weighted by Gasteiger charge is -2.23. The molecule has 0 amide bonds. The van der Waals surface area contributed by atoms with E-state index in [1.807, 2.05) is 24.3 Å². The summed E-state index contributed by atoms with van der Waals surface area (Å²) in [5, 5.41) is 13.4. The molecule has 0 radical (unpaired) electrons. The van der Waals surface area contributed by atoms with E-state index in [2.05, 4.69) is 10.1 Å². The van der Waals surface area contributed by atoms with Crippen LogP contribution in [0.4, 0.5) is 0 Å². The number of ether oxygens (including phenoxy) is 1. The summed E-state index contributed by atoms with van der Waals surface area (Å²) in [6, 6.07) is 7.93. The van der Waals surface area contributed by atoms with Gasteiger partial charge in [-0.25, -0.2) is 0 Å². The lowest BCUT2D eigenvalue weighted by atomic mass is 9.92. The standard InChI is InChI=1S/C14H16N2O3/c1-9(17)8-13-15-14(16-19-13)11-6-7-18-12-5-3-2-4-10(11)12/h2-5,9,11,17H,6-8H2,1H3. The number of aliphatic hydroxyl groups is 1. The number of hydrogen-bond donors (Lipinski definition) is 1. The van der Waals surface area contributed by atoms with Gasteiger partial charge in [0.15, 0.2) is 5.82 Å². The Morgan fingerprint density at radius 2 is 2.26 bits per heavy atom. The molecule has 2 unspecified atom stereocenters. The normalized spacial score (nSPS) is 19.6. The molecule has 100 valence electrons. The van der Waals surface area contributed by atoms with Crippen LogP contribution < -0.4 is 4.74 Å². The first-order valence-electron chi connectivity index (χ1n) is 6.46. The minimum absolute atomic E-state index is 0.108. The van der Waals surface area contributed by atoms with Crippen molar-refractivity contribution in [3.8, 4) is 5.75 Å². The SMILES string of the molecule is CC(O)Cc1nc(C2CCOc3ccccc32)no1. The first-order chi connectivity index (χ1) is 9.24. The van der Waals surface area contributed by atoms with Crippen molar-refractivity contribution in [3.63, 3.8) is 0 Å². The summed E-state index contributed by atoms with van der Waals surface area (Å²) >= 11 is 0. The topological polar surface area (TPSA) is 68.4 Å². The van der Waals surface area contributed by atoms with Crippen molar-refractivity contribution in [2.75, 3.05) is 6.61 Å². The Labute approximate surface area is 111 Å². The Hall–Kier alpha value is -1.88. The Kier molecular flexibility index (Phi) is 3.21. The van der Waals surface area contributed by atoms with Gasteiger partial charge < -0.3 is 14.4 Å². The van der Waals surface area contributed by atoms with E-state index in [-0.39, 0.29) is 5.92 Å². The maximum Gasteiger partial charge on any atom is 0.229 e. The monoisotopic (exact) mass is 260 g/mol. The highest BCUT2D eigenvalue weighted by molar-refractivity contribution is 5.40. The fourth-order valence-corrected chi connectivity index (χ4v) is 2.36. The molecule has 2 atom stereocenters. The third-order valence-electron chi connectivity index (χ3n) is 3.22. The van der Waals surface area contributed by atoms with Crippen molar-refractivity contribution in [2.45, 2.75) is 31.8 Å². The third-order valence-corrected chi connectivity index (χ3v) is 3.22. The Balaban J connectivity index is 1.89. The molecule has 2 heterocycles. The summed E-state index contributed by atoms with van der Waals surface area (Å²) in [4.78, 5) is 4.38. The van der Waals surface area contributed by atoms with Crippen LogP contribution in [0.5, 0.6) is 5.75 Å². The van der Waals surface area contributed by atoms with Crippen LogP contribution in [0.15, 0.2) is 28.8 Å². The molecule has 5 nitrogen and oxygen atoms in total. The summed E-state index contributed by atoms with van der Waals surface area (Å²) < 4.78 is 10.8. The summed E-state index contributed by atoms with van der Waals surface area (Å²) in [6.07, 6.45) is 0.748. The summed E-state index contributed by atoms with van der Waals surface area (Å²) in [7, 11) is 0. The van der Waals surface area contributed by atoms with Crippen molar-refractivity contribution in [2.24, 2.45) is 0 Å². The smallest absolute Gasteiger partial charge is 0.229 e. The Morgan fingerprint density at radius 1 is 1.42 bits per heavy atom. The predicted molar refractivity (Wildman–Crippen MR) is 68.1 cm³/mol.